The Hall–Kier alpha value is -1.88. The first-order valence-electron chi connectivity index (χ1n) is 4.10. The van der Waals surface area contributed by atoms with Gasteiger partial charge < -0.3 is 16.8 Å². The second-order valence-corrected chi connectivity index (χ2v) is 3.13. The summed E-state index contributed by atoms with van der Waals surface area (Å²) in [4.78, 5) is 22.0. The summed E-state index contributed by atoms with van der Waals surface area (Å²) in [5, 5.41) is 2.60. The summed E-state index contributed by atoms with van der Waals surface area (Å²) in [6, 6.07) is 4.02. The van der Waals surface area contributed by atoms with Crippen LogP contribution in [0.2, 0.25) is 0 Å². The molecule has 1 aliphatic heterocycles. The fourth-order valence-electron chi connectivity index (χ4n) is 1.44. The number of amides is 2. The van der Waals surface area contributed by atoms with E-state index < -0.39 is 11.9 Å². The van der Waals surface area contributed by atoms with Gasteiger partial charge in [-0.15, -0.1) is 0 Å². The van der Waals surface area contributed by atoms with E-state index in [9.17, 15) is 9.59 Å². The van der Waals surface area contributed by atoms with Gasteiger partial charge in [-0.2, -0.15) is 0 Å². The van der Waals surface area contributed by atoms with Crippen LogP contribution in [0.1, 0.15) is 22.0 Å². The number of nitrogens with two attached hydrogens (primary N) is 2. The number of anilines is 1. The molecule has 0 bridgehead atoms. The first kappa shape index (κ1) is 8.71. The second-order valence-electron chi connectivity index (χ2n) is 3.13. The van der Waals surface area contributed by atoms with Crippen molar-refractivity contribution >= 4 is 17.5 Å². The zero-order chi connectivity index (χ0) is 10.3. The summed E-state index contributed by atoms with van der Waals surface area (Å²) in [7, 11) is 0. The van der Waals surface area contributed by atoms with Gasteiger partial charge in [0.25, 0.3) is 0 Å². The molecule has 14 heavy (non-hydrogen) atoms. The molecule has 0 saturated heterocycles. The summed E-state index contributed by atoms with van der Waals surface area (Å²) >= 11 is 0. The van der Waals surface area contributed by atoms with Crippen LogP contribution >= 0.6 is 0 Å². The number of benzene rings is 1. The molecule has 0 radical (unpaired) electrons. The summed E-state index contributed by atoms with van der Waals surface area (Å²) in [5.74, 6) is -0.791. The number of nitrogens with one attached hydrogen (secondary N) is 1. The lowest BCUT2D eigenvalue weighted by molar-refractivity contribution is -0.116. The van der Waals surface area contributed by atoms with Crippen LogP contribution in [0.15, 0.2) is 18.2 Å². The molecule has 5 heteroatoms. The van der Waals surface area contributed by atoms with Crippen molar-refractivity contribution in [1.29, 1.82) is 0 Å². The lowest BCUT2D eigenvalue weighted by Crippen LogP contribution is -2.19. The van der Waals surface area contributed by atoms with E-state index >= 15 is 0 Å². The fraction of sp³-hybridized carbons (Fsp3) is 0.111. The number of primary amides is 1. The third-order valence-electron chi connectivity index (χ3n) is 2.21. The maximum atomic E-state index is 11.2. The standard InChI is InChI=1S/C9H9N3O2/c10-7-5-3-4(8(11)13)1-2-6(5)12-9(7)14/h1-3,7H,10H2,(H2,11,13)(H,12,14). The molecule has 2 rings (SSSR count). The van der Waals surface area contributed by atoms with E-state index in [0.29, 0.717) is 16.8 Å². The second kappa shape index (κ2) is 2.81. The molecule has 0 aliphatic carbocycles. The lowest BCUT2D eigenvalue weighted by Gasteiger charge is -2.02. The van der Waals surface area contributed by atoms with E-state index in [1.807, 2.05) is 0 Å². The minimum Gasteiger partial charge on any atom is -0.366 e. The van der Waals surface area contributed by atoms with Crippen molar-refractivity contribution in [2.75, 3.05) is 5.32 Å². The van der Waals surface area contributed by atoms with E-state index in [2.05, 4.69) is 5.32 Å². The highest BCUT2D eigenvalue weighted by atomic mass is 16.2. The molecule has 1 aromatic carbocycles. The predicted molar refractivity (Wildman–Crippen MR) is 50.5 cm³/mol. The van der Waals surface area contributed by atoms with Crippen molar-refractivity contribution < 1.29 is 9.59 Å². The fourth-order valence-corrected chi connectivity index (χ4v) is 1.44. The normalized spacial score (nSPS) is 18.9. The highest BCUT2D eigenvalue weighted by molar-refractivity contribution is 6.04. The van der Waals surface area contributed by atoms with E-state index in [1.165, 1.54) is 0 Å². The number of hydrogen-bond donors (Lipinski definition) is 3. The molecule has 0 saturated carbocycles. The van der Waals surface area contributed by atoms with E-state index in [1.54, 1.807) is 18.2 Å². The Labute approximate surface area is 80.1 Å². The van der Waals surface area contributed by atoms with Gasteiger partial charge >= 0.3 is 0 Å². The van der Waals surface area contributed by atoms with Crippen molar-refractivity contribution in [2.24, 2.45) is 11.5 Å². The molecule has 1 heterocycles. The molecule has 1 unspecified atom stereocenters. The smallest absolute Gasteiger partial charge is 0.248 e. The van der Waals surface area contributed by atoms with Gasteiger partial charge in [0, 0.05) is 16.8 Å². The number of carbonyl (C=O) groups is 2. The minimum atomic E-state index is -0.704. The van der Waals surface area contributed by atoms with Crippen LogP contribution < -0.4 is 16.8 Å². The van der Waals surface area contributed by atoms with Gasteiger partial charge in [0.1, 0.15) is 6.04 Å². The van der Waals surface area contributed by atoms with Crippen molar-refractivity contribution in [1.82, 2.24) is 0 Å². The highest BCUT2D eigenvalue weighted by Crippen LogP contribution is 2.29. The largest absolute Gasteiger partial charge is 0.366 e. The number of hydrogen-bond acceptors (Lipinski definition) is 3. The molecule has 1 atom stereocenters. The summed E-state index contributed by atoms with van der Waals surface area (Å²) < 4.78 is 0. The third kappa shape index (κ3) is 1.14. The maximum absolute atomic E-state index is 11.2. The molecule has 2 amide bonds. The van der Waals surface area contributed by atoms with Gasteiger partial charge in [-0.1, -0.05) is 0 Å². The minimum absolute atomic E-state index is 0.262. The highest BCUT2D eigenvalue weighted by Gasteiger charge is 2.27. The van der Waals surface area contributed by atoms with E-state index in [0.717, 1.165) is 0 Å². The third-order valence-corrected chi connectivity index (χ3v) is 2.21. The van der Waals surface area contributed by atoms with Crippen molar-refractivity contribution in [2.45, 2.75) is 6.04 Å². The van der Waals surface area contributed by atoms with Crippen LogP contribution in [0.25, 0.3) is 0 Å². The lowest BCUT2D eigenvalue weighted by atomic mass is 10.1. The average Bonchev–Trinajstić information content (AvgIpc) is 2.43. The average molecular weight is 191 g/mol. The molecular weight excluding hydrogens is 182 g/mol. The quantitative estimate of drug-likeness (QED) is 0.570. The molecular formula is C9H9N3O2. The number of fused-ring (bicyclic) bond motifs is 1. The van der Waals surface area contributed by atoms with E-state index in [-0.39, 0.29) is 5.91 Å². The van der Waals surface area contributed by atoms with E-state index in [4.69, 9.17) is 11.5 Å². The Morgan fingerprint density at radius 3 is 2.79 bits per heavy atom. The first-order chi connectivity index (χ1) is 6.59. The molecule has 0 aromatic heterocycles. The van der Waals surface area contributed by atoms with Crippen LogP contribution in [-0.4, -0.2) is 11.8 Å². The predicted octanol–water partition coefficient (Wildman–Crippen LogP) is -0.263. The van der Waals surface area contributed by atoms with Crippen molar-refractivity contribution in [3.8, 4) is 0 Å². The van der Waals surface area contributed by atoms with Gasteiger partial charge in [0.05, 0.1) is 0 Å². The number of rotatable bonds is 1. The molecule has 5 nitrogen and oxygen atoms in total. The summed E-state index contributed by atoms with van der Waals surface area (Å²) in [5.41, 5.74) is 12.3. The van der Waals surface area contributed by atoms with Crippen LogP contribution in [-0.2, 0) is 4.79 Å². The van der Waals surface area contributed by atoms with Gasteiger partial charge in [-0.3, -0.25) is 9.59 Å². The van der Waals surface area contributed by atoms with Gasteiger partial charge in [0.15, 0.2) is 0 Å². The van der Waals surface area contributed by atoms with Gasteiger partial charge in [-0.25, -0.2) is 0 Å². The Morgan fingerprint density at radius 1 is 1.43 bits per heavy atom. The molecule has 72 valence electrons. The van der Waals surface area contributed by atoms with Crippen LogP contribution in [0.3, 0.4) is 0 Å². The zero-order valence-electron chi connectivity index (χ0n) is 7.28. The monoisotopic (exact) mass is 191 g/mol. The Morgan fingerprint density at radius 2 is 2.14 bits per heavy atom. The van der Waals surface area contributed by atoms with Crippen molar-refractivity contribution in [3.63, 3.8) is 0 Å². The first-order valence-corrected chi connectivity index (χ1v) is 4.10. The zero-order valence-corrected chi connectivity index (χ0v) is 7.28. The topological polar surface area (TPSA) is 98.2 Å². The van der Waals surface area contributed by atoms with Crippen molar-refractivity contribution in [3.05, 3.63) is 29.3 Å². The van der Waals surface area contributed by atoms with Gasteiger partial charge in [-0.05, 0) is 18.2 Å². The molecule has 0 fully saturated rings. The van der Waals surface area contributed by atoms with Crippen LogP contribution in [0.4, 0.5) is 5.69 Å². The van der Waals surface area contributed by atoms with Gasteiger partial charge in [0.2, 0.25) is 11.8 Å². The van der Waals surface area contributed by atoms with Crippen LogP contribution in [0, 0.1) is 0 Å². The molecule has 1 aromatic rings. The Kier molecular flexibility index (Phi) is 1.75. The maximum Gasteiger partial charge on any atom is 0.248 e. The summed E-state index contributed by atoms with van der Waals surface area (Å²) in [6.45, 7) is 0. The molecule has 1 aliphatic rings. The molecule has 0 spiro atoms. The Balaban J connectivity index is 2.51. The van der Waals surface area contributed by atoms with Crippen LogP contribution in [0.5, 0.6) is 0 Å². The SMILES string of the molecule is NC(=O)c1ccc2c(c1)C(N)C(=O)N2. The molecule has 5 N–H and O–H groups in total. The number of carbonyl (C=O) groups excluding carboxylic acids is 2. The Bertz CT molecular complexity index is 428. The summed E-state index contributed by atoms with van der Waals surface area (Å²) in [6.07, 6.45) is 0.